The van der Waals surface area contributed by atoms with Crippen molar-refractivity contribution in [3.8, 4) is 22.5 Å². The fourth-order valence-electron chi connectivity index (χ4n) is 2.61. The van der Waals surface area contributed by atoms with Gasteiger partial charge in [0.05, 0.1) is 5.69 Å². The molecule has 0 unspecified atom stereocenters. The first-order chi connectivity index (χ1) is 10.4. The molecule has 2 heteroatoms. The first-order valence-electron chi connectivity index (χ1n) is 7.00. The third kappa shape index (κ3) is 2.21. The van der Waals surface area contributed by atoms with Crippen molar-refractivity contribution in [3.05, 3.63) is 79.0 Å². The van der Waals surface area contributed by atoms with Crippen molar-refractivity contribution in [2.24, 2.45) is 0 Å². The van der Waals surface area contributed by atoms with Crippen molar-refractivity contribution in [1.29, 1.82) is 0 Å². The number of hydrogen-bond donors (Lipinski definition) is 1. The SMILES string of the molecule is c1ccc(-c2cccc(-c3cc4ccccc4[nH]3)c2)nc1. The highest BCUT2D eigenvalue weighted by Gasteiger charge is 2.05. The van der Waals surface area contributed by atoms with E-state index in [4.69, 9.17) is 0 Å². The van der Waals surface area contributed by atoms with E-state index in [1.54, 1.807) is 0 Å². The summed E-state index contributed by atoms with van der Waals surface area (Å²) in [6.45, 7) is 0. The van der Waals surface area contributed by atoms with E-state index in [2.05, 4.69) is 58.5 Å². The van der Waals surface area contributed by atoms with Gasteiger partial charge in [0.25, 0.3) is 0 Å². The van der Waals surface area contributed by atoms with E-state index in [1.807, 2.05) is 30.5 Å². The number of nitrogens with one attached hydrogen (secondary N) is 1. The van der Waals surface area contributed by atoms with Crippen molar-refractivity contribution >= 4 is 10.9 Å². The molecule has 0 aliphatic heterocycles. The van der Waals surface area contributed by atoms with Gasteiger partial charge in [0, 0.05) is 28.4 Å². The molecule has 2 aromatic heterocycles. The molecule has 0 fully saturated rings. The van der Waals surface area contributed by atoms with Crippen LogP contribution in [0.4, 0.5) is 0 Å². The van der Waals surface area contributed by atoms with Crippen LogP contribution in [-0.4, -0.2) is 9.97 Å². The van der Waals surface area contributed by atoms with Gasteiger partial charge in [0.2, 0.25) is 0 Å². The summed E-state index contributed by atoms with van der Waals surface area (Å²) < 4.78 is 0. The Kier molecular flexibility index (Phi) is 2.79. The van der Waals surface area contributed by atoms with Crippen LogP contribution in [0.3, 0.4) is 0 Å². The number of aromatic amines is 1. The summed E-state index contributed by atoms with van der Waals surface area (Å²) in [4.78, 5) is 7.89. The van der Waals surface area contributed by atoms with Gasteiger partial charge in [-0.05, 0) is 35.9 Å². The lowest BCUT2D eigenvalue weighted by Gasteiger charge is -2.03. The number of H-pyrrole nitrogens is 1. The van der Waals surface area contributed by atoms with E-state index >= 15 is 0 Å². The summed E-state index contributed by atoms with van der Waals surface area (Å²) in [5.41, 5.74) is 5.60. The molecule has 0 spiro atoms. The molecule has 2 nitrogen and oxygen atoms in total. The van der Waals surface area contributed by atoms with Gasteiger partial charge in [-0.1, -0.05) is 42.5 Å². The first-order valence-corrected chi connectivity index (χ1v) is 7.00. The normalized spacial score (nSPS) is 10.9. The number of fused-ring (bicyclic) bond motifs is 1. The number of benzene rings is 2. The topological polar surface area (TPSA) is 28.7 Å². The quantitative estimate of drug-likeness (QED) is 0.551. The predicted molar refractivity (Wildman–Crippen MR) is 87.0 cm³/mol. The highest BCUT2D eigenvalue weighted by Crippen LogP contribution is 2.27. The third-order valence-electron chi connectivity index (χ3n) is 3.66. The number of hydrogen-bond acceptors (Lipinski definition) is 1. The summed E-state index contributed by atoms with van der Waals surface area (Å²) in [6.07, 6.45) is 1.82. The Bertz CT molecular complexity index is 859. The molecular weight excluding hydrogens is 256 g/mol. The maximum atomic E-state index is 4.42. The molecule has 2 heterocycles. The van der Waals surface area contributed by atoms with Crippen molar-refractivity contribution in [1.82, 2.24) is 9.97 Å². The van der Waals surface area contributed by atoms with Crippen molar-refractivity contribution in [2.45, 2.75) is 0 Å². The van der Waals surface area contributed by atoms with Gasteiger partial charge in [-0.3, -0.25) is 4.98 Å². The van der Waals surface area contributed by atoms with Crippen molar-refractivity contribution in [3.63, 3.8) is 0 Å². The van der Waals surface area contributed by atoms with Gasteiger partial charge in [-0.25, -0.2) is 0 Å². The minimum absolute atomic E-state index is 0.996. The average molecular weight is 270 g/mol. The van der Waals surface area contributed by atoms with E-state index in [0.29, 0.717) is 0 Å². The molecule has 21 heavy (non-hydrogen) atoms. The Morgan fingerprint density at radius 1 is 0.714 bits per heavy atom. The molecule has 0 saturated carbocycles. The average Bonchev–Trinajstić information content (AvgIpc) is 3.00. The number of nitrogens with zero attached hydrogens (tertiary/aromatic N) is 1. The van der Waals surface area contributed by atoms with Gasteiger partial charge in [-0.15, -0.1) is 0 Å². The Hall–Kier alpha value is -2.87. The lowest BCUT2D eigenvalue weighted by Crippen LogP contribution is -1.83. The van der Waals surface area contributed by atoms with Crippen LogP contribution in [0.25, 0.3) is 33.4 Å². The maximum absolute atomic E-state index is 4.42. The zero-order valence-corrected chi connectivity index (χ0v) is 11.5. The molecule has 100 valence electrons. The van der Waals surface area contributed by atoms with Gasteiger partial charge in [0.1, 0.15) is 0 Å². The largest absolute Gasteiger partial charge is 0.355 e. The molecule has 0 atom stereocenters. The van der Waals surface area contributed by atoms with Crippen LogP contribution in [0.2, 0.25) is 0 Å². The number of aromatic nitrogens is 2. The summed E-state index contributed by atoms with van der Waals surface area (Å²) in [5, 5.41) is 1.23. The van der Waals surface area contributed by atoms with Crippen molar-refractivity contribution < 1.29 is 0 Å². The molecule has 0 radical (unpaired) electrons. The van der Waals surface area contributed by atoms with Crippen LogP contribution in [0.1, 0.15) is 0 Å². The highest BCUT2D eigenvalue weighted by atomic mass is 14.7. The predicted octanol–water partition coefficient (Wildman–Crippen LogP) is 4.90. The van der Waals surface area contributed by atoms with E-state index in [-0.39, 0.29) is 0 Å². The molecule has 1 N–H and O–H groups in total. The van der Waals surface area contributed by atoms with Gasteiger partial charge >= 0.3 is 0 Å². The maximum Gasteiger partial charge on any atom is 0.0702 e. The van der Waals surface area contributed by atoms with Crippen LogP contribution in [0.5, 0.6) is 0 Å². The summed E-state index contributed by atoms with van der Waals surface area (Å²) in [6, 6.07) is 25.0. The molecule has 4 aromatic rings. The Labute approximate surface area is 123 Å². The lowest BCUT2D eigenvalue weighted by molar-refractivity contribution is 1.32. The molecule has 0 saturated heterocycles. The molecule has 0 amide bonds. The first kappa shape index (κ1) is 11.9. The molecular formula is C19H14N2. The second-order valence-corrected chi connectivity index (χ2v) is 5.07. The Balaban J connectivity index is 1.82. The van der Waals surface area contributed by atoms with Crippen LogP contribution < -0.4 is 0 Å². The van der Waals surface area contributed by atoms with E-state index in [1.165, 1.54) is 10.9 Å². The summed E-state index contributed by atoms with van der Waals surface area (Å²) >= 11 is 0. The van der Waals surface area contributed by atoms with E-state index < -0.39 is 0 Å². The minimum atomic E-state index is 0.996. The van der Waals surface area contributed by atoms with Crippen LogP contribution in [0.15, 0.2) is 79.0 Å². The Morgan fingerprint density at radius 3 is 2.43 bits per heavy atom. The molecule has 2 aromatic carbocycles. The third-order valence-corrected chi connectivity index (χ3v) is 3.66. The van der Waals surface area contributed by atoms with Gasteiger partial charge in [-0.2, -0.15) is 0 Å². The molecule has 0 aliphatic rings. The van der Waals surface area contributed by atoms with Crippen molar-refractivity contribution in [2.75, 3.05) is 0 Å². The van der Waals surface area contributed by atoms with E-state index in [9.17, 15) is 0 Å². The standard InChI is InChI=1S/C19H14N2/c1-2-10-18-16(6-1)13-19(21-18)15-8-5-7-14(12-15)17-9-3-4-11-20-17/h1-13,21H. The fraction of sp³-hybridized carbons (Fsp3) is 0. The second-order valence-electron chi connectivity index (χ2n) is 5.07. The summed E-state index contributed by atoms with van der Waals surface area (Å²) in [5.74, 6) is 0. The highest BCUT2D eigenvalue weighted by molar-refractivity contribution is 5.86. The second kappa shape index (κ2) is 4.91. The van der Waals surface area contributed by atoms with Crippen LogP contribution >= 0.6 is 0 Å². The summed E-state index contributed by atoms with van der Waals surface area (Å²) in [7, 11) is 0. The number of pyridine rings is 1. The molecule has 0 bridgehead atoms. The Morgan fingerprint density at radius 2 is 1.57 bits per heavy atom. The molecule has 0 aliphatic carbocycles. The number of para-hydroxylation sites is 1. The minimum Gasteiger partial charge on any atom is -0.355 e. The van der Waals surface area contributed by atoms with E-state index in [0.717, 1.165) is 22.5 Å². The van der Waals surface area contributed by atoms with Crippen LogP contribution in [-0.2, 0) is 0 Å². The van der Waals surface area contributed by atoms with Gasteiger partial charge in [0.15, 0.2) is 0 Å². The zero-order chi connectivity index (χ0) is 14.1. The number of rotatable bonds is 2. The van der Waals surface area contributed by atoms with Gasteiger partial charge < -0.3 is 4.98 Å². The fourth-order valence-corrected chi connectivity index (χ4v) is 2.61. The smallest absolute Gasteiger partial charge is 0.0702 e. The lowest BCUT2D eigenvalue weighted by atomic mass is 10.1. The molecule has 4 rings (SSSR count). The van der Waals surface area contributed by atoms with Crippen LogP contribution in [0, 0.1) is 0 Å². The zero-order valence-electron chi connectivity index (χ0n) is 11.5. The monoisotopic (exact) mass is 270 g/mol.